The van der Waals surface area contributed by atoms with Crippen LogP contribution >= 0.6 is 0 Å². The van der Waals surface area contributed by atoms with Gasteiger partial charge in [0.1, 0.15) is 22.7 Å². The van der Waals surface area contributed by atoms with Crippen LogP contribution in [0.4, 0.5) is 4.39 Å². The van der Waals surface area contributed by atoms with Crippen LogP contribution in [0.25, 0.3) is 33.5 Å². The molecule has 1 aromatic carbocycles. The number of carbonyl (C=O) groups excluding carboxylic acids is 1. The van der Waals surface area contributed by atoms with Gasteiger partial charge in [-0.15, -0.1) is 0 Å². The molecule has 0 aliphatic rings. The first-order chi connectivity index (χ1) is 16.7. The Morgan fingerprint density at radius 3 is 2.64 bits per heavy atom. The summed E-state index contributed by atoms with van der Waals surface area (Å²) in [4.78, 5) is 36.0. The number of aryl methyl sites for hydroxylation is 1. The van der Waals surface area contributed by atoms with Crippen LogP contribution in [0, 0.1) is 5.82 Å². The van der Waals surface area contributed by atoms with Crippen molar-refractivity contribution in [2.45, 2.75) is 70.6 Å². The van der Waals surface area contributed by atoms with Crippen LogP contribution in [0.1, 0.15) is 57.3 Å². The molecule has 36 heavy (non-hydrogen) atoms. The summed E-state index contributed by atoms with van der Waals surface area (Å²) in [7, 11) is -0.522. The second kappa shape index (κ2) is 9.08. The van der Waals surface area contributed by atoms with E-state index >= 15 is 0 Å². The number of hydrogen-bond donors (Lipinski definition) is 3. The van der Waals surface area contributed by atoms with Gasteiger partial charge in [0.2, 0.25) is 0 Å². The maximum Gasteiger partial charge on any atom is 0.255 e. The minimum atomic E-state index is -2.27. The van der Waals surface area contributed by atoms with Gasteiger partial charge in [-0.05, 0) is 63.0 Å². The van der Waals surface area contributed by atoms with Gasteiger partial charge < -0.3 is 15.1 Å². The van der Waals surface area contributed by atoms with Crippen molar-refractivity contribution < 1.29 is 14.0 Å². The van der Waals surface area contributed by atoms with E-state index < -0.39 is 13.9 Å². The molecule has 0 saturated heterocycles. The lowest BCUT2D eigenvalue weighted by Crippen LogP contribution is -2.44. The zero-order valence-corrected chi connectivity index (χ0v) is 23.0. The molecule has 192 valence electrons. The molecule has 0 aliphatic heterocycles. The Labute approximate surface area is 211 Å². The standard InChI is InChI=1S/C26H35FN6O2Si/c1-25(2,11-8-12-26(3,4)36(6,7)35)31-24(34)18-14-28-23-22(18)30-19(15-29-23)21-17-10-9-16(27)13-20(17)33(5)32-21/h9-10,13-15,35H,8,11-12H2,1-7H3,(H,28,29)(H,31,34). The molecule has 0 radical (unpaired) electrons. The van der Waals surface area contributed by atoms with Crippen molar-refractivity contribution in [1.82, 2.24) is 30.0 Å². The second-order valence-electron chi connectivity index (χ2n) is 11.4. The van der Waals surface area contributed by atoms with Crippen molar-refractivity contribution in [3.8, 4) is 11.4 Å². The number of H-pyrrole nitrogens is 1. The first-order valence-electron chi connectivity index (χ1n) is 12.2. The molecule has 4 rings (SSSR count). The number of halogens is 1. The summed E-state index contributed by atoms with van der Waals surface area (Å²) in [6.07, 6.45) is 5.79. The van der Waals surface area contributed by atoms with E-state index in [0.717, 1.165) is 24.6 Å². The van der Waals surface area contributed by atoms with Crippen molar-refractivity contribution >= 4 is 36.3 Å². The van der Waals surface area contributed by atoms with Crippen LogP contribution in [0.2, 0.25) is 18.1 Å². The first kappa shape index (κ1) is 26.0. The number of amides is 1. The maximum absolute atomic E-state index is 13.7. The van der Waals surface area contributed by atoms with Crippen LogP contribution in [0.3, 0.4) is 0 Å². The van der Waals surface area contributed by atoms with Crippen molar-refractivity contribution in [2.24, 2.45) is 7.05 Å². The Balaban J connectivity index is 1.55. The Hall–Kier alpha value is -3.11. The van der Waals surface area contributed by atoms with Crippen molar-refractivity contribution in [3.05, 3.63) is 42.0 Å². The third-order valence-corrected chi connectivity index (χ3v) is 11.0. The largest absolute Gasteiger partial charge is 0.432 e. The van der Waals surface area contributed by atoms with E-state index in [1.54, 1.807) is 30.2 Å². The topological polar surface area (TPSA) is 109 Å². The summed E-state index contributed by atoms with van der Waals surface area (Å²) in [5, 5.41) is 8.31. The van der Waals surface area contributed by atoms with Gasteiger partial charge >= 0.3 is 0 Å². The van der Waals surface area contributed by atoms with E-state index in [1.165, 1.54) is 12.1 Å². The maximum atomic E-state index is 13.7. The molecule has 3 heterocycles. The average Bonchev–Trinajstić information content (AvgIpc) is 3.33. The molecular weight excluding hydrogens is 475 g/mol. The van der Waals surface area contributed by atoms with Gasteiger partial charge in [-0.1, -0.05) is 20.3 Å². The first-order valence-corrected chi connectivity index (χ1v) is 15.1. The predicted molar refractivity (Wildman–Crippen MR) is 143 cm³/mol. The minimum absolute atomic E-state index is 0.0999. The zero-order valence-electron chi connectivity index (χ0n) is 22.0. The van der Waals surface area contributed by atoms with Crippen LogP contribution in [-0.4, -0.2) is 49.3 Å². The third-order valence-electron chi connectivity index (χ3n) is 7.39. The quantitative estimate of drug-likeness (QED) is 0.279. The highest BCUT2D eigenvalue weighted by Crippen LogP contribution is 2.40. The van der Waals surface area contributed by atoms with Crippen molar-refractivity contribution in [3.63, 3.8) is 0 Å². The average molecular weight is 511 g/mol. The molecule has 0 bridgehead atoms. The molecule has 0 spiro atoms. The fraction of sp³-hybridized carbons (Fsp3) is 0.462. The molecule has 0 fully saturated rings. The summed E-state index contributed by atoms with van der Waals surface area (Å²) in [6.45, 7) is 12.2. The predicted octanol–water partition coefficient (Wildman–Crippen LogP) is 5.31. The molecule has 4 aromatic rings. The number of nitrogens with zero attached hydrogens (tertiary/aromatic N) is 4. The van der Waals surface area contributed by atoms with E-state index in [-0.39, 0.29) is 16.8 Å². The highest BCUT2D eigenvalue weighted by atomic mass is 28.4. The monoisotopic (exact) mass is 510 g/mol. The van der Waals surface area contributed by atoms with E-state index in [0.29, 0.717) is 33.6 Å². The van der Waals surface area contributed by atoms with Gasteiger partial charge in [0.05, 0.1) is 17.3 Å². The summed E-state index contributed by atoms with van der Waals surface area (Å²) >= 11 is 0. The van der Waals surface area contributed by atoms with E-state index in [2.05, 4.69) is 34.2 Å². The fourth-order valence-electron chi connectivity index (χ4n) is 4.31. The molecule has 0 unspecified atom stereocenters. The SMILES string of the molecule is Cn1nc(-c2cnc3[nH]cc(C(=O)NC(C)(C)CCCC(C)(C)[Si](C)(C)O)c3n2)c2ccc(F)cc21. The summed E-state index contributed by atoms with van der Waals surface area (Å²) in [6, 6.07) is 4.50. The number of fused-ring (bicyclic) bond motifs is 2. The zero-order chi connectivity index (χ0) is 26.5. The Kier molecular flexibility index (Phi) is 6.55. The molecular formula is C26H35FN6O2Si. The summed E-state index contributed by atoms with van der Waals surface area (Å²) < 4.78 is 15.3. The van der Waals surface area contributed by atoms with Crippen LogP contribution < -0.4 is 5.32 Å². The number of hydrogen-bond acceptors (Lipinski definition) is 5. The Morgan fingerprint density at radius 2 is 1.94 bits per heavy atom. The number of carbonyl (C=O) groups is 1. The number of nitrogens with one attached hydrogen (secondary N) is 2. The normalized spacial score (nSPS) is 13.0. The van der Waals surface area contributed by atoms with Crippen LogP contribution in [-0.2, 0) is 7.05 Å². The van der Waals surface area contributed by atoms with Gasteiger partial charge in [0.15, 0.2) is 14.0 Å². The molecule has 3 aromatic heterocycles. The van der Waals surface area contributed by atoms with E-state index in [9.17, 15) is 14.0 Å². The number of aromatic nitrogens is 5. The third kappa shape index (κ3) is 5.05. The lowest BCUT2D eigenvalue weighted by Gasteiger charge is -2.36. The van der Waals surface area contributed by atoms with E-state index in [1.807, 2.05) is 26.9 Å². The van der Waals surface area contributed by atoms with Gasteiger partial charge in [0, 0.05) is 24.2 Å². The van der Waals surface area contributed by atoms with Crippen molar-refractivity contribution in [2.75, 3.05) is 0 Å². The number of aromatic amines is 1. The molecule has 1 amide bonds. The van der Waals surface area contributed by atoms with Gasteiger partial charge in [-0.3, -0.25) is 9.48 Å². The van der Waals surface area contributed by atoms with Gasteiger partial charge in [-0.25, -0.2) is 14.4 Å². The molecule has 0 saturated carbocycles. The fourth-order valence-corrected chi connectivity index (χ4v) is 5.10. The lowest BCUT2D eigenvalue weighted by molar-refractivity contribution is 0.0909. The van der Waals surface area contributed by atoms with Crippen LogP contribution in [0.5, 0.6) is 0 Å². The molecule has 0 atom stereocenters. The summed E-state index contributed by atoms with van der Waals surface area (Å²) in [5.41, 5.74) is 2.66. The molecule has 3 N–H and O–H groups in total. The highest BCUT2D eigenvalue weighted by Gasteiger charge is 2.37. The lowest BCUT2D eigenvalue weighted by atomic mass is 9.94. The molecule has 8 nitrogen and oxygen atoms in total. The minimum Gasteiger partial charge on any atom is -0.432 e. The smallest absolute Gasteiger partial charge is 0.255 e. The van der Waals surface area contributed by atoms with Crippen molar-refractivity contribution in [1.29, 1.82) is 0 Å². The van der Waals surface area contributed by atoms with Gasteiger partial charge in [0.25, 0.3) is 5.91 Å². The van der Waals surface area contributed by atoms with Crippen LogP contribution in [0.15, 0.2) is 30.6 Å². The second-order valence-corrected chi connectivity index (χ2v) is 15.9. The van der Waals surface area contributed by atoms with Gasteiger partial charge in [-0.2, -0.15) is 5.10 Å². The molecule has 0 aliphatic carbocycles. The Morgan fingerprint density at radius 1 is 1.22 bits per heavy atom. The highest BCUT2D eigenvalue weighted by molar-refractivity contribution is 6.72. The Bertz CT molecular complexity index is 1430. The van der Waals surface area contributed by atoms with E-state index in [4.69, 9.17) is 4.98 Å². The number of benzene rings is 1. The molecule has 10 heteroatoms. The number of rotatable bonds is 8. The summed E-state index contributed by atoms with van der Waals surface area (Å²) in [5.74, 6) is -0.571.